The summed E-state index contributed by atoms with van der Waals surface area (Å²) in [5.74, 6) is 1.78. The number of aliphatic imine (C=N–C) groups is 1. The molecular weight excluding hydrogens is 403 g/mol. The fourth-order valence-electron chi connectivity index (χ4n) is 2.60. The predicted octanol–water partition coefficient (Wildman–Crippen LogP) is 2.33. The minimum absolute atomic E-state index is 0. The van der Waals surface area contributed by atoms with Crippen LogP contribution in [0, 0.1) is 0 Å². The zero-order valence-electron chi connectivity index (χ0n) is 14.1. The van der Waals surface area contributed by atoms with Crippen molar-refractivity contribution in [3.63, 3.8) is 0 Å². The van der Waals surface area contributed by atoms with E-state index in [1.54, 1.807) is 0 Å². The molecule has 23 heavy (non-hydrogen) atoms. The van der Waals surface area contributed by atoms with Gasteiger partial charge in [0, 0.05) is 12.6 Å². The van der Waals surface area contributed by atoms with Crippen LogP contribution < -0.4 is 15.4 Å². The summed E-state index contributed by atoms with van der Waals surface area (Å²) in [5.41, 5.74) is 0. The summed E-state index contributed by atoms with van der Waals surface area (Å²) in [4.78, 5) is 7.08. The Labute approximate surface area is 156 Å². The molecule has 1 aliphatic heterocycles. The van der Waals surface area contributed by atoms with Crippen molar-refractivity contribution in [2.24, 2.45) is 4.99 Å². The highest BCUT2D eigenvalue weighted by Gasteiger charge is 2.20. The van der Waals surface area contributed by atoms with Crippen molar-refractivity contribution in [1.82, 2.24) is 15.5 Å². The van der Waals surface area contributed by atoms with E-state index in [0.29, 0.717) is 12.6 Å². The zero-order valence-corrected chi connectivity index (χ0v) is 16.5. The highest BCUT2D eigenvalue weighted by Crippen LogP contribution is 2.14. The van der Waals surface area contributed by atoms with Gasteiger partial charge in [-0.25, -0.2) is 0 Å². The molecule has 0 radical (unpaired) electrons. The van der Waals surface area contributed by atoms with Gasteiger partial charge in [0.2, 0.25) is 0 Å². The maximum Gasteiger partial charge on any atom is 0.191 e. The summed E-state index contributed by atoms with van der Waals surface area (Å²) in [7, 11) is 2.18. The minimum atomic E-state index is 0. The van der Waals surface area contributed by atoms with Gasteiger partial charge in [-0.3, -0.25) is 4.99 Å². The predicted molar refractivity (Wildman–Crippen MR) is 107 cm³/mol. The number of likely N-dealkylation sites (N-methyl/N-ethyl adjacent to an activating group) is 1. The molecule has 0 saturated carbocycles. The first-order valence-corrected chi connectivity index (χ1v) is 8.20. The third kappa shape index (κ3) is 7.39. The second-order valence-corrected chi connectivity index (χ2v) is 5.58. The first kappa shape index (κ1) is 20.0. The highest BCUT2D eigenvalue weighted by molar-refractivity contribution is 14.0. The molecule has 1 aromatic carbocycles. The molecule has 1 saturated heterocycles. The molecular formula is C17H29IN4O. The molecule has 2 rings (SSSR count). The average Bonchev–Trinajstić information content (AvgIpc) is 2.95. The quantitative estimate of drug-likeness (QED) is 0.301. The smallest absolute Gasteiger partial charge is 0.191 e. The number of guanidine groups is 1. The van der Waals surface area contributed by atoms with Gasteiger partial charge in [0.05, 0.1) is 13.1 Å². The number of rotatable bonds is 7. The molecule has 130 valence electrons. The van der Waals surface area contributed by atoms with Gasteiger partial charge in [-0.1, -0.05) is 18.2 Å². The third-order valence-electron chi connectivity index (χ3n) is 3.88. The molecule has 1 aromatic rings. The average molecular weight is 432 g/mol. The normalized spacial score (nSPS) is 18.3. The van der Waals surface area contributed by atoms with Crippen LogP contribution in [0.5, 0.6) is 5.75 Å². The molecule has 1 aliphatic rings. The summed E-state index contributed by atoms with van der Waals surface area (Å²) in [6.07, 6.45) is 2.53. The van der Waals surface area contributed by atoms with Crippen molar-refractivity contribution in [2.45, 2.75) is 25.8 Å². The molecule has 5 nitrogen and oxygen atoms in total. The number of nitrogens with one attached hydrogen (secondary N) is 2. The van der Waals surface area contributed by atoms with Gasteiger partial charge in [-0.15, -0.1) is 24.0 Å². The molecule has 1 fully saturated rings. The monoisotopic (exact) mass is 432 g/mol. The molecule has 6 heteroatoms. The molecule has 0 bridgehead atoms. The van der Waals surface area contributed by atoms with Crippen molar-refractivity contribution >= 4 is 29.9 Å². The number of nitrogens with zero attached hydrogens (tertiary/aromatic N) is 2. The lowest BCUT2D eigenvalue weighted by Gasteiger charge is -2.18. The first-order valence-electron chi connectivity index (χ1n) is 8.20. The Morgan fingerprint density at radius 3 is 2.74 bits per heavy atom. The Balaban J connectivity index is 0.00000264. The number of benzene rings is 1. The van der Waals surface area contributed by atoms with Crippen LogP contribution in [0.25, 0.3) is 0 Å². The molecule has 1 heterocycles. The van der Waals surface area contributed by atoms with Crippen molar-refractivity contribution < 1.29 is 4.74 Å². The standard InChI is InChI=1S/C17H28N4O.HI/c1-3-18-17(20-14-15-8-7-12-21(15)2)19-11-13-22-16-9-5-4-6-10-16;/h4-6,9-10,15H,3,7-8,11-14H2,1-2H3,(H2,18,19,20);1H. The second kappa shape index (κ2) is 11.5. The summed E-state index contributed by atoms with van der Waals surface area (Å²) >= 11 is 0. The first-order chi connectivity index (χ1) is 10.8. The van der Waals surface area contributed by atoms with Gasteiger partial charge < -0.3 is 20.3 Å². The Morgan fingerprint density at radius 1 is 1.30 bits per heavy atom. The molecule has 2 N–H and O–H groups in total. The van der Waals surface area contributed by atoms with E-state index >= 15 is 0 Å². The van der Waals surface area contributed by atoms with E-state index in [4.69, 9.17) is 4.74 Å². The SMILES string of the molecule is CCNC(=NCC1CCCN1C)NCCOc1ccccc1.I. The molecule has 1 unspecified atom stereocenters. The van der Waals surface area contributed by atoms with E-state index in [0.717, 1.165) is 31.3 Å². The summed E-state index contributed by atoms with van der Waals surface area (Å²) in [6, 6.07) is 10.5. The number of ether oxygens (including phenoxy) is 1. The van der Waals surface area contributed by atoms with Crippen LogP contribution in [-0.2, 0) is 0 Å². The van der Waals surface area contributed by atoms with Gasteiger partial charge in [-0.2, -0.15) is 0 Å². The Morgan fingerprint density at radius 2 is 2.09 bits per heavy atom. The van der Waals surface area contributed by atoms with Crippen LogP contribution in [-0.4, -0.2) is 56.7 Å². The van der Waals surface area contributed by atoms with Gasteiger partial charge in [-0.05, 0) is 45.5 Å². The Kier molecular flexibility index (Phi) is 10.0. The lowest BCUT2D eigenvalue weighted by atomic mass is 10.2. The molecule has 0 amide bonds. The van der Waals surface area contributed by atoms with Crippen molar-refractivity contribution in [3.05, 3.63) is 30.3 Å². The largest absolute Gasteiger partial charge is 0.492 e. The molecule has 0 aromatic heterocycles. The van der Waals surface area contributed by atoms with E-state index in [1.165, 1.54) is 19.4 Å². The lowest BCUT2D eigenvalue weighted by molar-refractivity contribution is 0.315. The van der Waals surface area contributed by atoms with E-state index in [1.807, 2.05) is 30.3 Å². The number of hydrogen-bond donors (Lipinski definition) is 2. The number of hydrogen-bond acceptors (Lipinski definition) is 3. The van der Waals surface area contributed by atoms with Crippen molar-refractivity contribution in [3.8, 4) is 5.75 Å². The van der Waals surface area contributed by atoms with Crippen LogP contribution >= 0.6 is 24.0 Å². The molecule has 0 aliphatic carbocycles. The van der Waals surface area contributed by atoms with Gasteiger partial charge in [0.15, 0.2) is 5.96 Å². The number of halogens is 1. The Hall–Kier alpha value is -1.02. The zero-order chi connectivity index (χ0) is 15.6. The van der Waals surface area contributed by atoms with Crippen LogP contribution in [0.1, 0.15) is 19.8 Å². The van der Waals surface area contributed by atoms with Crippen LogP contribution in [0.2, 0.25) is 0 Å². The van der Waals surface area contributed by atoms with E-state index < -0.39 is 0 Å². The summed E-state index contributed by atoms with van der Waals surface area (Å²) < 4.78 is 5.68. The summed E-state index contributed by atoms with van der Waals surface area (Å²) in [6.45, 7) is 6.35. The van der Waals surface area contributed by atoms with Crippen LogP contribution in [0.4, 0.5) is 0 Å². The minimum Gasteiger partial charge on any atom is -0.492 e. The highest BCUT2D eigenvalue weighted by atomic mass is 127. The Bertz CT molecular complexity index is 455. The van der Waals surface area contributed by atoms with Crippen molar-refractivity contribution in [2.75, 3.05) is 39.8 Å². The number of likely N-dealkylation sites (tertiary alicyclic amines) is 1. The lowest BCUT2D eigenvalue weighted by Crippen LogP contribution is -2.40. The topological polar surface area (TPSA) is 48.9 Å². The fraction of sp³-hybridized carbons (Fsp3) is 0.588. The second-order valence-electron chi connectivity index (χ2n) is 5.58. The van der Waals surface area contributed by atoms with Gasteiger partial charge in [0.25, 0.3) is 0 Å². The maximum absolute atomic E-state index is 5.68. The maximum atomic E-state index is 5.68. The molecule has 1 atom stereocenters. The number of para-hydroxylation sites is 1. The van der Waals surface area contributed by atoms with Crippen LogP contribution in [0.15, 0.2) is 35.3 Å². The van der Waals surface area contributed by atoms with E-state index in [-0.39, 0.29) is 24.0 Å². The van der Waals surface area contributed by atoms with Gasteiger partial charge in [0.1, 0.15) is 12.4 Å². The van der Waals surface area contributed by atoms with Crippen LogP contribution in [0.3, 0.4) is 0 Å². The van der Waals surface area contributed by atoms with E-state index in [9.17, 15) is 0 Å². The van der Waals surface area contributed by atoms with Gasteiger partial charge >= 0.3 is 0 Å². The molecule has 0 spiro atoms. The third-order valence-corrected chi connectivity index (χ3v) is 3.88. The fourth-order valence-corrected chi connectivity index (χ4v) is 2.60. The summed E-state index contributed by atoms with van der Waals surface area (Å²) in [5, 5.41) is 6.61. The van der Waals surface area contributed by atoms with E-state index in [2.05, 4.69) is 34.5 Å². The van der Waals surface area contributed by atoms with Crippen molar-refractivity contribution in [1.29, 1.82) is 0 Å².